The van der Waals surface area contributed by atoms with Crippen LogP contribution in [0.4, 0.5) is 4.39 Å². The third kappa shape index (κ3) is 2.89. The number of nitrogens with one attached hydrogen (secondary N) is 1. The molecule has 1 aromatic heterocycles. The normalized spacial score (nSPS) is 11.4. The molecule has 0 radical (unpaired) electrons. The highest BCUT2D eigenvalue weighted by Crippen LogP contribution is 2.26. The zero-order chi connectivity index (χ0) is 18.1. The van der Waals surface area contributed by atoms with Crippen LogP contribution in [0, 0.1) is 10.6 Å². The molecule has 0 amide bonds. The monoisotopic (exact) mass is 364 g/mol. The number of phenolic OH excluding ortho intramolecular Hbond substituents is 1. The van der Waals surface area contributed by atoms with Crippen molar-refractivity contribution in [1.29, 1.82) is 0 Å². The number of rotatable bonds is 3. The minimum atomic E-state index is -0.335. The smallest absolute Gasteiger partial charge is 0.216 e. The summed E-state index contributed by atoms with van der Waals surface area (Å²) in [5.74, 6) is 0.232. The lowest BCUT2D eigenvalue weighted by Gasteiger charge is -2.05. The number of H-pyrrole nitrogens is 1. The number of aromatic amines is 1. The van der Waals surface area contributed by atoms with Gasteiger partial charge >= 0.3 is 0 Å². The van der Waals surface area contributed by atoms with Crippen LogP contribution in [0.1, 0.15) is 5.56 Å². The lowest BCUT2D eigenvalue weighted by atomic mass is 10.0. The van der Waals surface area contributed by atoms with Crippen LogP contribution in [0.25, 0.3) is 22.2 Å². The molecule has 2 N–H and O–H groups in total. The van der Waals surface area contributed by atoms with Crippen LogP contribution in [0.5, 0.6) is 5.75 Å². The zero-order valence-electron chi connectivity index (χ0n) is 13.4. The first-order valence-corrected chi connectivity index (χ1v) is 8.23. The maximum Gasteiger partial charge on any atom is 0.216 e. The molecule has 3 aromatic carbocycles. The van der Waals surface area contributed by atoms with Crippen molar-refractivity contribution < 1.29 is 9.50 Å². The molecule has 0 aliphatic carbocycles. The molecular weight excluding hydrogens is 351 g/mol. The van der Waals surface area contributed by atoms with Gasteiger partial charge in [0.05, 0.1) is 6.21 Å². The van der Waals surface area contributed by atoms with E-state index in [0.29, 0.717) is 21.7 Å². The number of halogens is 1. The lowest BCUT2D eigenvalue weighted by molar-refractivity contribution is 0.475. The first kappa shape index (κ1) is 16.2. The fourth-order valence-corrected chi connectivity index (χ4v) is 2.90. The van der Waals surface area contributed by atoms with Crippen LogP contribution in [0.15, 0.2) is 65.8 Å². The zero-order valence-corrected chi connectivity index (χ0v) is 14.2. The van der Waals surface area contributed by atoms with E-state index in [2.05, 4.69) is 15.3 Å². The van der Waals surface area contributed by atoms with E-state index in [1.807, 2.05) is 30.3 Å². The third-order valence-electron chi connectivity index (χ3n) is 4.00. The molecule has 7 heteroatoms. The molecular formula is C19H13FN4OS. The Morgan fingerprint density at radius 3 is 2.65 bits per heavy atom. The minimum absolute atomic E-state index is 0.116. The number of aromatic nitrogens is 3. The Bertz CT molecular complexity index is 1180. The summed E-state index contributed by atoms with van der Waals surface area (Å²) >= 11 is 5.24. The number of phenols is 1. The van der Waals surface area contributed by atoms with Gasteiger partial charge in [-0.25, -0.2) is 9.49 Å². The Labute approximate surface area is 153 Å². The van der Waals surface area contributed by atoms with Crippen LogP contribution < -0.4 is 0 Å². The maximum atomic E-state index is 13.2. The van der Waals surface area contributed by atoms with E-state index < -0.39 is 0 Å². The topological polar surface area (TPSA) is 66.2 Å². The van der Waals surface area contributed by atoms with Gasteiger partial charge in [0.25, 0.3) is 0 Å². The lowest BCUT2D eigenvalue weighted by Crippen LogP contribution is -1.96. The quantitative estimate of drug-likeness (QED) is 0.416. The van der Waals surface area contributed by atoms with Crippen molar-refractivity contribution in [2.24, 2.45) is 5.10 Å². The fraction of sp³-hybridized carbons (Fsp3) is 0. The molecule has 0 fully saturated rings. The van der Waals surface area contributed by atoms with Gasteiger partial charge in [0.1, 0.15) is 11.6 Å². The second kappa shape index (κ2) is 6.53. The Morgan fingerprint density at radius 1 is 1.08 bits per heavy atom. The summed E-state index contributed by atoms with van der Waals surface area (Å²) in [6.07, 6.45) is 1.54. The van der Waals surface area contributed by atoms with Crippen molar-refractivity contribution in [2.45, 2.75) is 0 Å². The molecule has 0 spiro atoms. The van der Waals surface area contributed by atoms with E-state index in [1.165, 1.54) is 23.0 Å². The van der Waals surface area contributed by atoms with Gasteiger partial charge in [0.15, 0.2) is 5.82 Å². The van der Waals surface area contributed by atoms with Crippen molar-refractivity contribution in [2.75, 3.05) is 0 Å². The Balaban J connectivity index is 1.82. The van der Waals surface area contributed by atoms with Crippen LogP contribution in [-0.4, -0.2) is 26.2 Å². The highest BCUT2D eigenvalue weighted by molar-refractivity contribution is 7.71. The maximum absolute atomic E-state index is 13.2. The molecule has 0 unspecified atom stereocenters. The summed E-state index contributed by atoms with van der Waals surface area (Å²) in [4.78, 5) is 0. The SMILES string of the molecule is Oc1ccc2ccccc2c1/C=N/n1c(-c2ccc(F)cc2)n[nH]c1=S. The first-order valence-electron chi connectivity index (χ1n) is 7.82. The van der Waals surface area contributed by atoms with Crippen molar-refractivity contribution in [3.63, 3.8) is 0 Å². The Hall–Kier alpha value is -3.32. The van der Waals surface area contributed by atoms with Crippen molar-refractivity contribution >= 4 is 29.2 Å². The third-order valence-corrected chi connectivity index (χ3v) is 4.27. The summed E-state index contributed by atoms with van der Waals surface area (Å²) in [6, 6.07) is 17.0. The Morgan fingerprint density at radius 2 is 1.85 bits per heavy atom. The summed E-state index contributed by atoms with van der Waals surface area (Å²) in [7, 11) is 0. The molecule has 5 nitrogen and oxygen atoms in total. The van der Waals surface area contributed by atoms with Crippen molar-refractivity contribution in [1.82, 2.24) is 14.9 Å². The molecule has 0 bridgehead atoms. The van der Waals surface area contributed by atoms with Gasteiger partial charge in [-0.15, -0.1) is 0 Å². The second-order valence-electron chi connectivity index (χ2n) is 5.64. The molecule has 26 heavy (non-hydrogen) atoms. The number of hydrogen-bond donors (Lipinski definition) is 2. The van der Waals surface area contributed by atoms with E-state index in [4.69, 9.17) is 12.2 Å². The standard InChI is InChI=1S/C19H13FN4OS/c20-14-8-5-13(6-9-14)18-22-23-19(26)24(18)21-11-16-15-4-2-1-3-12(15)7-10-17(16)25/h1-11,25H,(H,23,26)/b21-11+. The summed E-state index contributed by atoms with van der Waals surface area (Å²) in [6.45, 7) is 0. The largest absolute Gasteiger partial charge is 0.507 e. The predicted octanol–water partition coefficient (Wildman–Crippen LogP) is 4.49. The Kier molecular flexibility index (Phi) is 4.06. The van der Waals surface area contributed by atoms with E-state index in [0.717, 1.165) is 10.8 Å². The van der Waals surface area contributed by atoms with Gasteiger partial charge in [-0.1, -0.05) is 30.3 Å². The molecule has 0 aliphatic heterocycles. The summed E-state index contributed by atoms with van der Waals surface area (Å²) < 4.78 is 14.9. The van der Waals surface area contributed by atoms with E-state index in [9.17, 15) is 9.50 Å². The summed E-state index contributed by atoms with van der Waals surface area (Å²) in [5.41, 5.74) is 1.24. The minimum Gasteiger partial charge on any atom is -0.507 e. The number of benzene rings is 3. The van der Waals surface area contributed by atoms with Gasteiger partial charge in [-0.05, 0) is 53.3 Å². The first-order chi connectivity index (χ1) is 12.6. The van der Waals surface area contributed by atoms with Gasteiger partial charge in [-0.3, -0.25) is 0 Å². The van der Waals surface area contributed by atoms with Crippen LogP contribution in [0.2, 0.25) is 0 Å². The molecule has 128 valence electrons. The molecule has 1 heterocycles. The van der Waals surface area contributed by atoms with Crippen LogP contribution in [-0.2, 0) is 0 Å². The van der Waals surface area contributed by atoms with Crippen LogP contribution >= 0.6 is 12.2 Å². The molecule has 4 rings (SSSR count). The van der Waals surface area contributed by atoms with Gasteiger partial charge in [0.2, 0.25) is 4.77 Å². The van der Waals surface area contributed by atoms with Gasteiger partial charge in [-0.2, -0.15) is 14.9 Å². The van der Waals surface area contributed by atoms with Gasteiger partial charge in [0, 0.05) is 11.1 Å². The van der Waals surface area contributed by atoms with E-state index >= 15 is 0 Å². The molecule has 0 aliphatic rings. The molecule has 0 atom stereocenters. The summed E-state index contributed by atoms with van der Waals surface area (Å²) in [5, 5.41) is 23.3. The molecule has 0 saturated heterocycles. The van der Waals surface area contributed by atoms with Crippen LogP contribution in [0.3, 0.4) is 0 Å². The molecule has 0 saturated carbocycles. The number of hydrogen-bond acceptors (Lipinski definition) is 4. The predicted molar refractivity (Wildman–Crippen MR) is 101 cm³/mol. The number of aromatic hydroxyl groups is 1. The van der Waals surface area contributed by atoms with Crippen molar-refractivity contribution in [3.05, 3.63) is 76.8 Å². The fourth-order valence-electron chi connectivity index (χ4n) is 2.72. The van der Waals surface area contributed by atoms with Crippen molar-refractivity contribution in [3.8, 4) is 17.1 Å². The number of fused-ring (bicyclic) bond motifs is 1. The van der Waals surface area contributed by atoms with Gasteiger partial charge < -0.3 is 5.11 Å². The number of nitrogens with zero attached hydrogens (tertiary/aromatic N) is 3. The van der Waals surface area contributed by atoms with E-state index in [1.54, 1.807) is 18.2 Å². The van der Waals surface area contributed by atoms with E-state index in [-0.39, 0.29) is 11.6 Å². The highest BCUT2D eigenvalue weighted by atomic mass is 32.1. The average molecular weight is 364 g/mol. The second-order valence-corrected chi connectivity index (χ2v) is 6.02. The highest BCUT2D eigenvalue weighted by Gasteiger charge is 2.09. The average Bonchev–Trinajstić information content (AvgIpc) is 3.02. The molecule has 4 aromatic rings.